The minimum absolute atomic E-state index is 0.0262. The van der Waals surface area contributed by atoms with Crippen LogP contribution in [0.2, 0.25) is 0 Å². The van der Waals surface area contributed by atoms with Crippen LogP contribution < -0.4 is 10.1 Å². The second-order valence-corrected chi connectivity index (χ2v) is 9.43. The zero-order chi connectivity index (χ0) is 24.2. The lowest BCUT2D eigenvalue weighted by molar-refractivity contribution is -0.153. The molecule has 0 radical (unpaired) electrons. The first kappa shape index (κ1) is 24.9. The molecule has 1 aliphatic heterocycles. The third-order valence-corrected chi connectivity index (χ3v) is 7.04. The molecule has 0 saturated carbocycles. The van der Waals surface area contributed by atoms with Crippen molar-refractivity contribution in [3.8, 4) is 5.75 Å². The molecule has 2 aromatic carbocycles. The number of ether oxygens (including phenoxy) is 1. The lowest BCUT2D eigenvalue weighted by atomic mass is 9.97. The number of sulfonamides is 1. The van der Waals surface area contributed by atoms with Gasteiger partial charge in [0.05, 0.1) is 0 Å². The number of carbonyl (C=O) groups is 1. The van der Waals surface area contributed by atoms with E-state index in [1.165, 1.54) is 24.3 Å². The van der Waals surface area contributed by atoms with Crippen molar-refractivity contribution >= 4 is 15.9 Å². The molecular formula is C21H21F5N2O4S. The number of hydrogen-bond donors (Lipinski definition) is 1. The first-order chi connectivity index (χ1) is 15.5. The highest BCUT2D eigenvalue weighted by Gasteiger charge is 2.33. The SMILES string of the molecule is O=C(NCc1ccc(OCC(F)(F)F)cc1)C1CCN(S(=O)(=O)c2cc(F)ccc2F)CC1. The monoisotopic (exact) mass is 492 g/mol. The summed E-state index contributed by atoms with van der Waals surface area (Å²) in [5.41, 5.74) is 0.643. The highest BCUT2D eigenvalue weighted by Crippen LogP contribution is 2.26. The van der Waals surface area contributed by atoms with Gasteiger partial charge in [0.25, 0.3) is 0 Å². The van der Waals surface area contributed by atoms with Crippen molar-refractivity contribution in [2.75, 3.05) is 19.7 Å². The fourth-order valence-corrected chi connectivity index (χ4v) is 4.92. The number of amides is 1. The molecule has 33 heavy (non-hydrogen) atoms. The highest BCUT2D eigenvalue weighted by atomic mass is 32.2. The van der Waals surface area contributed by atoms with Crippen LogP contribution in [-0.4, -0.2) is 44.5 Å². The van der Waals surface area contributed by atoms with E-state index >= 15 is 0 Å². The van der Waals surface area contributed by atoms with E-state index in [1.807, 2.05) is 0 Å². The molecule has 12 heteroatoms. The number of halogens is 5. The summed E-state index contributed by atoms with van der Waals surface area (Å²) in [7, 11) is -4.23. The van der Waals surface area contributed by atoms with Gasteiger partial charge in [-0.2, -0.15) is 17.5 Å². The number of hydrogen-bond acceptors (Lipinski definition) is 4. The maximum absolute atomic E-state index is 13.9. The first-order valence-electron chi connectivity index (χ1n) is 9.97. The van der Waals surface area contributed by atoms with Crippen molar-refractivity contribution < 1.29 is 39.9 Å². The van der Waals surface area contributed by atoms with Crippen molar-refractivity contribution in [1.29, 1.82) is 0 Å². The van der Waals surface area contributed by atoms with Crippen molar-refractivity contribution in [2.45, 2.75) is 30.5 Å². The highest BCUT2D eigenvalue weighted by molar-refractivity contribution is 7.89. The fraction of sp³-hybridized carbons (Fsp3) is 0.381. The zero-order valence-corrected chi connectivity index (χ0v) is 18.1. The summed E-state index contributed by atoms with van der Waals surface area (Å²) < 4.78 is 94.7. The first-order valence-corrected chi connectivity index (χ1v) is 11.4. The summed E-state index contributed by atoms with van der Waals surface area (Å²) in [6.45, 7) is -1.32. The predicted molar refractivity (Wildman–Crippen MR) is 108 cm³/mol. The summed E-state index contributed by atoms with van der Waals surface area (Å²) in [4.78, 5) is 11.7. The van der Waals surface area contributed by atoms with Crippen LogP contribution >= 0.6 is 0 Å². The molecule has 1 fully saturated rings. The van der Waals surface area contributed by atoms with Crippen LogP contribution in [0.4, 0.5) is 22.0 Å². The van der Waals surface area contributed by atoms with E-state index in [9.17, 15) is 35.2 Å². The standard InChI is InChI=1S/C21H21F5N2O4S/c22-16-3-6-18(23)19(11-16)33(30,31)28-9-7-15(8-10-28)20(29)27-12-14-1-4-17(5-2-14)32-13-21(24,25)26/h1-6,11,15H,7-10,12-13H2,(H,27,29). The molecule has 0 bridgehead atoms. The van der Waals surface area contributed by atoms with Gasteiger partial charge in [0.1, 0.15) is 22.3 Å². The molecule has 1 aliphatic rings. The van der Waals surface area contributed by atoms with Gasteiger partial charge in [0.15, 0.2) is 6.61 Å². The Bertz CT molecular complexity index is 1080. The lowest BCUT2D eigenvalue weighted by Gasteiger charge is -2.30. The number of nitrogens with zero attached hydrogens (tertiary/aromatic N) is 1. The summed E-state index contributed by atoms with van der Waals surface area (Å²) in [6, 6.07) is 7.97. The molecule has 0 spiro atoms. The third kappa shape index (κ3) is 6.64. The molecule has 1 amide bonds. The molecule has 1 heterocycles. The van der Waals surface area contributed by atoms with Gasteiger partial charge in [-0.3, -0.25) is 4.79 Å². The van der Waals surface area contributed by atoms with Crippen molar-refractivity contribution in [3.05, 3.63) is 59.7 Å². The summed E-state index contributed by atoms with van der Waals surface area (Å²) >= 11 is 0. The normalized spacial score (nSPS) is 15.9. The van der Waals surface area contributed by atoms with E-state index in [4.69, 9.17) is 0 Å². The molecule has 0 aliphatic carbocycles. The Morgan fingerprint density at radius 1 is 1.06 bits per heavy atom. The van der Waals surface area contributed by atoms with Gasteiger partial charge in [0, 0.05) is 25.6 Å². The summed E-state index contributed by atoms with van der Waals surface area (Å²) in [5.74, 6) is -2.65. The van der Waals surface area contributed by atoms with Crippen LogP contribution in [0.5, 0.6) is 5.75 Å². The number of piperidine rings is 1. The van der Waals surface area contributed by atoms with Crippen molar-refractivity contribution in [1.82, 2.24) is 9.62 Å². The molecule has 180 valence electrons. The Morgan fingerprint density at radius 2 is 1.70 bits per heavy atom. The number of nitrogens with one attached hydrogen (secondary N) is 1. The van der Waals surface area contributed by atoms with E-state index in [2.05, 4.69) is 10.1 Å². The van der Waals surface area contributed by atoms with Gasteiger partial charge in [-0.1, -0.05) is 12.1 Å². The van der Waals surface area contributed by atoms with Crippen LogP contribution in [0.1, 0.15) is 18.4 Å². The number of rotatable bonds is 7. The molecule has 0 atom stereocenters. The zero-order valence-electron chi connectivity index (χ0n) is 17.2. The van der Waals surface area contributed by atoms with Gasteiger partial charge >= 0.3 is 6.18 Å². The van der Waals surface area contributed by atoms with Gasteiger partial charge in [-0.05, 0) is 48.7 Å². The van der Waals surface area contributed by atoms with Crippen LogP contribution in [0.3, 0.4) is 0 Å². The van der Waals surface area contributed by atoms with Crippen molar-refractivity contribution in [2.24, 2.45) is 5.92 Å². The molecule has 6 nitrogen and oxygen atoms in total. The molecule has 0 aromatic heterocycles. The Morgan fingerprint density at radius 3 is 2.30 bits per heavy atom. The lowest BCUT2D eigenvalue weighted by Crippen LogP contribution is -2.43. The van der Waals surface area contributed by atoms with Gasteiger partial charge in [-0.15, -0.1) is 0 Å². The Hall–Kier alpha value is -2.73. The largest absolute Gasteiger partial charge is 0.484 e. The molecule has 0 unspecified atom stereocenters. The van der Waals surface area contributed by atoms with Crippen LogP contribution in [-0.2, 0) is 21.4 Å². The average Bonchev–Trinajstić information content (AvgIpc) is 2.78. The number of carbonyl (C=O) groups excluding carboxylic acids is 1. The topological polar surface area (TPSA) is 75.7 Å². The Labute approximate surface area is 187 Å². The van der Waals surface area contributed by atoms with Crippen LogP contribution in [0.25, 0.3) is 0 Å². The van der Waals surface area contributed by atoms with Crippen LogP contribution in [0.15, 0.2) is 47.4 Å². The van der Waals surface area contributed by atoms with Crippen LogP contribution in [0, 0.1) is 17.6 Å². The Kier molecular flexibility index (Phi) is 7.58. The fourth-order valence-electron chi connectivity index (χ4n) is 3.37. The molecule has 2 aromatic rings. The molecule has 3 rings (SSSR count). The summed E-state index contributed by atoms with van der Waals surface area (Å²) in [5, 5.41) is 2.71. The summed E-state index contributed by atoms with van der Waals surface area (Å²) in [6.07, 6.45) is -4.04. The van der Waals surface area contributed by atoms with Crippen molar-refractivity contribution in [3.63, 3.8) is 0 Å². The molecular weight excluding hydrogens is 471 g/mol. The maximum atomic E-state index is 13.9. The second-order valence-electron chi connectivity index (χ2n) is 7.52. The molecule has 1 N–H and O–H groups in total. The predicted octanol–water partition coefficient (Wildman–Crippen LogP) is 3.62. The smallest absolute Gasteiger partial charge is 0.422 e. The van der Waals surface area contributed by atoms with E-state index in [1.54, 1.807) is 0 Å². The van der Waals surface area contributed by atoms with E-state index in [0.29, 0.717) is 11.6 Å². The minimum atomic E-state index is -4.44. The second kappa shape index (κ2) is 10.0. The Balaban J connectivity index is 1.50. The third-order valence-electron chi connectivity index (χ3n) is 5.13. The number of alkyl halides is 3. The van der Waals surface area contributed by atoms with E-state index in [0.717, 1.165) is 16.4 Å². The van der Waals surface area contributed by atoms with E-state index < -0.39 is 45.3 Å². The number of benzene rings is 2. The van der Waals surface area contributed by atoms with Gasteiger partial charge in [-0.25, -0.2) is 17.2 Å². The van der Waals surface area contributed by atoms with E-state index in [-0.39, 0.29) is 44.1 Å². The average molecular weight is 492 g/mol. The van der Waals surface area contributed by atoms with Gasteiger partial charge < -0.3 is 10.1 Å². The minimum Gasteiger partial charge on any atom is -0.484 e. The molecule has 1 saturated heterocycles. The quantitative estimate of drug-likeness (QED) is 0.600. The maximum Gasteiger partial charge on any atom is 0.422 e. The van der Waals surface area contributed by atoms with Gasteiger partial charge in [0.2, 0.25) is 15.9 Å².